The van der Waals surface area contributed by atoms with Crippen molar-refractivity contribution in [2.75, 3.05) is 0 Å². The number of nitrogens with zero attached hydrogens (tertiary/aromatic N) is 4. The van der Waals surface area contributed by atoms with Crippen LogP contribution in [0, 0.1) is 0 Å². The molecule has 0 unspecified atom stereocenters. The lowest BCUT2D eigenvalue weighted by molar-refractivity contribution is -0.137. The molecule has 0 N–H and O–H groups in total. The summed E-state index contributed by atoms with van der Waals surface area (Å²) in [5.74, 6) is 0. The molecule has 4 nitrogen and oxygen atoms in total. The van der Waals surface area contributed by atoms with Gasteiger partial charge in [0.05, 0.1) is 23.7 Å². The van der Waals surface area contributed by atoms with Gasteiger partial charge in [0.25, 0.3) is 0 Å². The molecule has 21 heavy (non-hydrogen) atoms. The van der Waals surface area contributed by atoms with Crippen LogP contribution in [0.25, 0.3) is 11.3 Å². The normalized spacial score (nSPS) is 10.1. The minimum absolute atomic E-state index is 0.120. The summed E-state index contributed by atoms with van der Waals surface area (Å²) < 4.78 is 39.7. The van der Waals surface area contributed by atoms with Gasteiger partial charge in [-0.3, -0.25) is 0 Å². The van der Waals surface area contributed by atoms with Crippen molar-refractivity contribution in [2.45, 2.75) is 33.9 Å². The van der Waals surface area contributed by atoms with Crippen molar-refractivity contribution in [3.05, 3.63) is 28.6 Å². The van der Waals surface area contributed by atoms with Crippen molar-refractivity contribution in [1.82, 2.24) is 19.4 Å². The Morgan fingerprint density at radius 1 is 1.10 bits per heavy atom. The van der Waals surface area contributed by atoms with Crippen LogP contribution in [-0.2, 0) is 6.18 Å². The second-order valence-corrected chi connectivity index (χ2v) is 4.25. The maximum Gasteiger partial charge on any atom is 0.418 e. The van der Waals surface area contributed by atoms with Crippen molar-refractivity contribution < 1.29 is 13.2 Å². The molecule has 0 aliphatic heterocycles. The predicted molar refractivity (Wildman–Crippen MR) is 83.0 cm³/mol. The molecule has 9 heteroatoms. The van der Waals surface area contributed by atoms with Gasteiger partial charge in [-0.15, -0.1) is 0 Å². The zero-order chi connectivity index (χ0) is 16.6. The predicted octanol–water partition coefficient (Wildman–Crippen LogP) is 4.87. The zero-order valence-electron chi connectivity index (χ0n) is 12.0. The summed E-state index contributed by atoms with van der Waals surface area (Å²) in [6.45, 7) is 8.00. The monoisotopic (exact) mass is 384 g/mol. The first-order chi connectivity index (χ1) is 9.89. The summed E-state index contributed by atoms with van der Waals surface area (Å²) >= 11 is 7.01. The van der Waals surface area contributed by atoms with Crippen molar-refractivity contribution in [2.24, 2.45) is 0 Å². The largest absolute Gasteiger partial charge is 0.418 e. The fourth-order valence-corrected chi connectivity index (χ4v) is 1.68. The summed E-state index contributed by atoms with van der Waals surface area (Å²) in [4.78, 5) is 0. The van der Waals surface area contributed by atoms with E-state index in [0.29, 0.717) is 10.8 Å². The van der Waals surface area contributed by atoms with Crippen LogP contribution in [0.4, 0.5) is 13.2 Å². The van der Waals surface area contributed by atoms with E-state index < -0.39 is 11.7 Å². The van der Waals surface area contributed by atoms with E-state index in [1.165, 1.54) is 6.07 Å². The first-order valence-electron chi connectivity index (χ1n) is 6.22. The molecule has 0 atom stereocenters. The molecule has 0 radical (unpaired) electrons. The summed E-state index contributed by atoms with van der Waals surface area (Å²) in [6.07, 6.45) is -2.82. The van der Waals surface area contributed by atoms with E-state index in [0.717, 1.165) is 10.3 Å². The van der Waals surface area contributed by atoms with Crippen molar-refractivity contribution in [1.29, 1.82) is 0 Å². The third-order valence-corrected chi connectivity index (χ3v) is 3.11. The van der Waals surface area contributed by atoms with E-state index in [1.54, 1.807) is 0 Å². The highest BCUT2D eigenvalue weighted by atomic mass is 79.9. The Morgan fingerprint density at radius 2 is 1.62 bits per heavy atom. The highest BCUT2D eigenvalue weighted by Gasteiger charge is 2.35. The van der Waals surface area contributed by atoms with Crippen LogP contribution in [0.3, 0.4) is 0 Å². The van der Waals surface area contributed by atoms with Gasteiger partial charge >= 0.3 is 6.18 Å². The molecule has 118 valence electrons. The van der Waals surface area contributed by atoms with Gasteiger partial charge in [0.1, 0.15) is 4.60 Å². The molecule has 0 saturated heterocycles. The maximum atomic E-state index is 12.7. The SMILES string of the molecule is CC.CC.FC(F)(F)c1cnncc1-c1cc(Br)n(S)n1. The first-order valence-corrected chi connectivity index (χ1v) is 7.42. The number of halogens is 4. The summed E-state index contributed by atoms with van der Waals surface area (Å²) in [5, 5.41) is 10.5. The lowest BCUT2D eigenvalue weighted by Crippen LogP contribution is -2.08. The molecular formula is C12H16BrF3N4S. The molecule has 2 rings (SSSR count). The van der Waals surface area contributed by atoms with E-state index in [4.69, 9.17) is 0 Å². The fourth-order valence-electron chi connectivity index (χ4n) is 1.23. The number of hydrogen-bond acceptors (Lipinski definition) is 4. The van der Waals surface area contributed by atoms with Gasteiger partial charge < -0.3 is 0 Å². The van der Waals surface area contributed by atoms with Crippen LogP contribution in [0.1, 0.15) is 33.3 Å². The number of alkyl halides is 3. The van der Waals surface area contributed by atoms with Crippen molar-refractivity contribution >= 4 is 28.7 Å². The quantitative estimate of drug-likeness (QED) is 0.713. The molecule has 2 aromatic heterocycles. The van der Waals surface area contributed by atoms with E-state index in [2.05, 4.69) is 44.0 Å². The topological polar surface area (TPSA) is 43.6 Å². The average molecular weight is 385 g/mol. The van der Waals surface area contributed by atoms with E-state index in [-0.39, 0.29) is 11.3 Å². The Labute approximate surface area is 135 Å². The Hall–Kier alpha value is -1.09. The first kappa shape index (κ1) is 19.9. The number of thiol groups is 1. The van der Waals surface area contributed by atoms with Crippen LogP contribution in [0.15, 0.2) is 23.1 Å². The third kappa shape index (κ3) is 5.31. The van der Waals surface area contributed by atoms with Crippen LogP contribution in [0.5, 0.6) is 0 Å². The maximum absolute atomic E-state index is 12.7. The Balaban J connectivity index is 0.000000921. The van der Waals surface area contributed by atoms with Crippen LogP contribution >= 0.6 is 28.7 Å². The highest BCUT2D eigenvalue weighted by Crippen LogP contribution is 2.36. The lowest BCUT2D eigenvalue weighted by atomic mass is 10.1. The Bertz CT molecular complexity index is 538. The second-order valence-electron chi connectivity index (χ2n) is 3.06. The van der Waals surface area contributed by atoms with E-state index in [9.17, 15) is 13.2 Å². The van der Waals surface area contributed by atoms with Gasteiger partial charge in [0, 0.05) is 5.56 Å². The minimum Gasteiger partial charge on any atom is -0.202 e. The van der Waals surface area contributed by atoms with Crippen LogP contribution in [-0.4, -0.2) is 19.4 Å². The molecule has 0 fully saturated rings. The molecule has 0 aromatic carbocycles. The summed E-state index contributed by atoms with van der Waals surface area (Å²) in [5.41, 5.74) is -0.901. The van der Waals surface area contributed by atoms with E-state index >= 15 is 0 Å². The van der Waals surface area contributed by atoms with Gasteiger partial charge in [-0.05, 0) is 34.8 Å². The molecule has 2 aromatic rings. The molecule has 0 aliphatic carbocycles. The van der Waals surface area contributed by atoms with Crippen molar-refractivity contribution in [3.63, 3.8) is 0 Å². The fraction of sp³-hybridized carbons (Fsp3) is 0.417. The molecular weight excluding hydrogens is 369 g/mol. The Kier molecular flexibility index (Phi) is 8.57. The number of aromatic nitrogens is 4. The van der Waals surface area contributed by atoms with Crippen molar-refractivity contribution in [3.8, 4) is 11.3 Å². The molecule has 0 amide bonds. The smallest absolute Gasteiger partial charge is 0.202 e. The average Bonchev–Trinajstić information content (AvgIpc) is 2.82. The molecule has 2 heterocycles. The summed E-state index contributed by atoms with van der Waals surface area (Å²) in [6, 6.07) is 1.42. The van der Waals surface area contributed by atoms with Gasteiger partial charge in [-0.2, -0.15) is 28.5 Å². The summed E-state index contributed by atoms with van der Waals surface area (Å²) in [7, 11) is 0. The zero-order valence-corrected chi connectivity index (χ0v) is 14.5. The number of hydrogen-bond donors (Lipinski definition) is 1. The molecule has 0 bridgehead atoms. The van der Waals surface area contributed by atoms with Crippen LogP contribution < -0.4 is 0 Å². The van der Waals surface area contributed by atoms with Gasteiger partial charge in [0.15, 0.2) is 0 Å². The van der Waals surface area contributed by atoms with Gasteiger partial charge in [0.2, 0.25) is 0 Å². The standard InChI is InChI=1S/C8H4BrF3N4S.2C2H6/c9-7-1-6(15-16(7)17)4-2-13-14-3-5(4)8(10,11)12;2*1-2/h1-3,17H;2*1-2H3. The Morgan fingerprint density at radius 3 is 2.05 bits per heavy atom. The van der Waals surface area contributed by atoms with Crippen LogP contribution in [0.2, 0.25) is 0 Å². The number of rotatable bonds is 1. The second kappa shape index (κ2) is 9.04. The molecule has 0 spiro atoms. The molecule has 0 aliphatic rings. The van der Waals surface area contributed by atoms with Gasteiger partial charge in [-0.1, -0.05) is 27.7 Å². The molecule has 0 saturated carbocycles. The van der Waals surface area contributed by atoms with Gasteiger partial charge in [-0.25, -0.2) is 4.09 Å². The highest BCUT2D eigenvalue weighted by molar-refractivity contribution is 9.10. The van der Waals surface area contributed by atoms with E-state index in [1.807, 2.05) is 27.7 Å². The third-order valence-electron chi connectivity index (χ3n) is 1.96. The lowest BCUT2D eigenvalue weighted by Gasteiger charge is -2.08. The minimum atomic E-state index is -4.50.